The van der Waals surface area contributed by atoms with Crippen LogP contribution in [0.2, 0.25) is 0 Å². The van der Waals surface area contributed by atoms with Crippen LogP contribution in [0.3, 0.4) is 0 Å². The summed E-state index contributed by atoms with van der Waals surface area (Å²) in [7, 11) is 0. The van der Waals surface area contributed by atoms with Crippen LogP contribution in [0, 0.1) is 5.92 Å². The van der Waals surface area contributed by atoms with Crippen LogP contribution in [0.5, 0.6) is 0 Å². The van der Waals surface area contributed by atoms with E-state index in [0.717, 1.165) is 32.4 Å². The quantitative estimate of drug-likeness (QED) is 0.722. The maximum absolute atomic E-state index is 11.8. The Morgan fingerprint density at radius 2 is 2.12 bits per heavy atom. The molecule has 0 bridgehead atoms. The Labute approximate surface area is 102 Å². The summed E-state index contributed by atoms with van der Waals surface area (Å²) >= 11 is 0. The van der Waals surface area contributed by atoms with E-state index in [1.165, 1.54) is 0 Å². The molecule has 5 nitrogen and oxygen atoms in total. The zero-order chi connectivity index (χ0) is 12.7. The monoisotopic (exact) mass is 242 g/mol. The van der Waals surface area contributed by atoms with Crippen molar-refractivity contribution in [2.75, 3.05) is 19.6 Å². The molecule has 0 spiro atoms. The van der Waals surface area contributed by atoms with E-state index in [4.69, 9.17) is 10.8 Å². The Kier molecular flexibility index (Phi) is 5.97. The van der Waals surface area contributed by atoms with Crippen molar-refractivity contribution in [3.8, 4) is 0 Å². The summed E-state index contributed by atoms with van der Waals surface area (Å²) in [6.07, 6.45) is 4.15. The zero-order valence-corrected chi connectivity index (χ0v) is 10.2. The number of likely N-dealkylation sites (tertiary alicyclic amines) is 1. The van der Waals surface area contributed by atoms with Crippen molar-refractivity contribution in [1.29, 1.82) is 0 Å². The fourth-order valence-corrected chi connectivity index (χ4v) is 2.27. The van der Waals surface area contributed by atoms with Crippen LogP contribution in [0.4, 0.5) is 0 Å². The summed E-state index contributed by atoms with van der Waals surface area (Å²) in [5.41, 5.74) is 5.38. The van der Waals surface area contributed by atoms with Crippen LogP contribution in [-0.2, 0) is 9.59 Å². The first-order chi connectivity index (χ1) is 8.13. The molecular weight excluding hydrogens is 220 g/mol. The number of hydrogen-bond donors (Lipinski definition) is 2. The molecule has 98 valence electrons. The number of amides is 1. The van der Waals surface area contributed by atoms with Gasteiger partial charge in [0.05, 0.1) is 0 Å². The number of rotatable bonds is 6. The van der Waals surface area contributed by atoms with Crippen molar-refractivity contribution in [1.82, 2.24) is 4.90 Å². The molecule has 1 unspecified atom stereocenters. The van der Waals surface area contributed by atoms with Gasteiger partial charge in [-0.15, -0.1) is 0 Å². The topological polar surface area (TPSA) is 83.6 Å². The predicted molar refractivity (Wildman–Crippen MR) is 64.5 cm³/mol. The lowest BCUT2D eigenvalue weighted by Crippen LogP contribution is -2.40. The van der Waals surface area contributed by atoms with Gasteiger partial charge in [0.1, 0.15) is 0 Å². The van der Waals surface area contributed by atoms with Crippen molar-refractivity contribution >= 4 is 11.9 Å². The van der Waals surface area contributed by atoms with Crippen molar-refractivity contribution in [3.05, 3.63) is 0 Å². The molecule has 1 rings (SSSR count). The SMILES string of the molecule is NCCCC(=O)N1CCCC(CCC(=O)O)C1. The molecule has 0 aromatic heterocycles. The predicted octanol–water partition coefficient (Wildman–Crippen LogP) is 0.829. The van der Waals surface area contributed by atoms with Gasteiger partial charge in [-0.3, -0.25) is 9.59 Å². The molecule has 1 aliphatic rings. The molecule has 1 atom stereocenters. The first-order valence-corrected chi connectivity index (χ1v) is 6.33. The summed E-state index contributed by atoms with van der Waals surface area (Å²) in [4.78, 5) is 24.2. The molecule has 0 aromatic rings. The van der Waals surface area contributed by atoms with Gasteiger partial charge in [-0.1, -0.05) is 0 Å². The van der Waals surface area contributed by atoms with Crippen LogP contribution < -0.4 is 5.73 Å². The molecule has 1 fully saturated rings. The number of piperidine rings is 1. The van der Waals surface area contributed by atoms with Crippen LogP contribution in [0.1, 0.15) is 38.5 Å². The highest BCUT2D eigenvalue weighted by Crippen LogP contribution is 2.21. The fourth-order valence-electron chi connectivity index (χ4n) is 2.27. The maximum atomic E-state index is 11.8. The molecule has 1 heterocycles. The number of carboxylic acid groups (broad SMARTS) is 1. The molecule has 0 radical (unpaired) electrons. The average molecular weight is 242 g/mol. The number of hydrogen-bond acceptors (Lipinski definition) is 3. The molecule has 0 aromatic carbocycles. The van der Waals surface area contributed by atoms with Crippen LogP contribution in [0.25, 0.3) is 0 Å². The standard InChI is InChI=1S/C12H22N2O3/c13-7-1-4-11(15)14-8-2-3-10(9-14)5-6-12(16)17/h10H,1-9,13H2,(H,16,17). The van der Waals surface area contributed by atoms with Gasteiger partial charge in [-0.2, -0.15) is 0 Å². The van der Waals surface area contributed by atoms with E-state index in [9.17, 15) is 9.59 Å². The third-order valence-electron chi connectivity index (χ3n) is 3.23. The van der Waals surface area contributed by atoms with Gasteiger partial charge >= 0.3 is 5.97 Å². The fraction of sp³-hybridized carbons (Fsp3) is 0.833. The van der Waals surface area contributed by atoms with Crippen LogP contribution in [0.15, 0.2) is 0 Å². The Morgan fingerprint density at radius 3 is 2.76 bits per heavy atom. The second-order valence-electron chi connectivity index (χ2n) is 4.67. The van der Waals surface area contributed by atoms with Gasteiger partial charge in [-0.05, 0) is 38.1 Å². The molecule has 1 amide bonds. The highest BCUT2D eigenvalue weighted by molar-refractivity contribution is 5.76. The minimum Gasteiger partial charge on any atom is -0.481 e. The van der Waals surface area contributed by atoms with E-state index in [1.54, 1.807) is 0 Å². The van der Waals surface area contributed by atoms with Gasteiger partial charge in [0.25, 0.3) is 0 Å². The lowest BCUT2D eigenvalue weighted by atomic mass is 9.93. The summed E-state index contributed by atoms with van der Waals surface area (Å²) in [6, 6.07) is 0. The van der Waals surface area contributed by atoms with E-state index in [1.807, 2.05) is 4.90 Å². The lowest BCUT2D eigenvalue weighted by molar-refractivity contribution is -0.137. The first-order valence-electron chi connectivity index (χ1n) is 6.33. The minimum atomic E-state index is -0.753. The smallest absolute Gasteiger partial charge is 0.303 e. The number of nitrogens with two attached hydrogens (primary N) is 1. The minimum absolute atomic E-state index is 0.162. The second-order valence-corrected chi connectivity index (χ2v) is 4.67. The Balaban J connectivity index is 2.32. The molecule has 17 heavy (non-hydrogen) atoms. The van der Waals surface area contributed by atoms with Gasteiger partial charge in [0.2, 0.25) is 5.91 Å². The lowest BCUT2D eigenvalue weighted by Gasteiger charge is -2.32. The summed E-state index contributed by atoms with van der Waals surface area (Å²) in [6.45, 7) is 2.08. The van der Waals surface area contributed by atoms with Crippen molar-refractivity contribution in [3.63, 3.8) is 0 Å². The number of nitrogens with zero attached hydrogens (tertiary/aromatic N) is 1. The Morgan fingerprint density at radius 1 is 1.35 bits per heavy atom. The largest absolute Gasteiger partial charge is 0.481 e. The van der Waals surface area contributed by atoms with Crippen LogP contribution >= 0.6 is 0 Å². The molecule has 0 saturated carbocycles. The third-order valence-corrected chi connectivity index (χ3v) is 3.23. The highest BCUT2D eigenvalue weighted by Gasteiger charge is 2.23. The second kappa shape index (κ2) is 7.27. The third kappa shape index (κ3) is 5.17. The summed E-state index contributed by atoms with van der Waals surface area (Å²) < 4.78 is 0. The van der Waals surface area contributed by atoms with E-state index >= 15 is 0 Å². The van der Waals surface area contributed by atoms with Crippen LogP contribution in [-0.4, -0.2) is 41.5 Å². The van der Waals surface area contributed by atoms with E-state index in [2.05, 4.69) is 0 Å². The summed E-state index contributed by atoms with van der Waals surface area (Å²) in [5.74, 6) is -0.242. The molecule has 1 saturated heterocycles. The maximum Gasteiger partial charge on any atom is 0.303 e. The Bertz CT molecular complexity index is 268. The highest BCUT2D eigenvalue weighted by atomic mass is 16.4. The number of carbonyl (C=O) groups excluding carboxylic acids is 1. The molecular formula is C12H22N2O3. The van der Waals surface area contributed by atoms with Gasteiger partial charge < -0.3 is 15.7 Å². The van der Waals surface area contributed by atoms with E-state index < -0.39 is 5.97 Å². The number of aliphatic carboxylic acids is 1. The number of carboxylic acids is 1. The average Bonchev–Trinajstić information content (AvgIpc) is 2.33. The van der Waals surface area contributed by atoms with Crippen molar-refractivity contribution in [2.24, 2.45) is 11.7 Å². The van der Waals surface area contributed by atoms with Gasteiger partial charge in [-0.25, -0.2) is 0 Å². The zero-order valence-electron chi connectivity index (χ0n) is 10.2. The number of carbonyl (C=O) groups is 2. The van der Waals surface area contributed by atoms with E-state index in [0.29, 0.717) is 25.3 Å². The van der Waals surface area contributed by atoms with Crippen molar-refractivity contribution in [2.45, 2.75) is 38.5 Å². The van der Waals surface area contributed by atoms with Crippen molar-refractivity contribution < 1.29 is 14.7 Å². The molecule has 0 aliphatic carbocycles. The normalized spacial score (nSPS) is 20.3. The first kappa shape index (κ1) is 14.0. The summed E-state index contributed by atoms with van der Waals surface area (Å²) in [5, 5.41) is 8.64. The molecule has 1 aliphatic heterocycles. The molecule has 3 N–H and O–H groups in total. The van der Waals surface area contributed by atoms with Gasteiger partial charge in [0.15, 0.2) is 0 Å². The molecule has 5 heteroatoms. The van der Waals surface area contributed by atoms with Gasteiger partial charge in [0, 0.05) is 25.9 Å². The van der Waals surface area contributed by atoms with E-state index in [-0.39, 0.29) is 12.3 Å². The Hall–Kier alpha value is -1.10.